The van der Waals surface area contributed by atoms with Gasteiger partial charge in [0.2, 0.25) is 0 Å². The number of carbonyl (C=O) groups is 2. The zero-order chi connectivity index (χ0) is 15.9. The van der Waals surface area contributed by atoms with Crippen molar-refractivity contribution in [2.45, 2.75) is 97.3 Å². The van der Waals surface area contributed by atoms with Crippen LogP contribution >= 0.6 is 0 Å². The molecule has 0 amide bonds. The fourth-order valence-corrected chi connectivity index (χ4v) is 2.63. The van der Waals surface area contributed by atoms with Crippen molar-refractivity contribution in [1.29, 1.82) is 0 Å². The fraction of sp³-hybridized carbons (Fsp3) is 0.889. The highest BCUT2D eigenvalue weighted by Gasteiger charge is 2.24. The number of Topliss-reactive ketones (excluding diaryl/α,β-unsaturated/α-hetero) is 1. The second kappa shape index (κ2) is 14.1. The Balaban J connectivity index is 3.78. The number of carbonyl (C=O) groups excluding carboxylic acids is 1. The number of hydrogen-bond acceptors (Lipinski definition) is 2. The summed E-state index contributed by atoms with van der Waals surface area (Å²) in [5.74, 6) is -1.76. The molecule has 3 nitrogen and oxygen atoms in total. The molecule has 0 aliphatic heterocycles. The van der Waals surface area contributed by atoms with Gasteiger partial charge in [-0.25, -0.2) is 0 Å². The van der Waals surface area contributed by atoms with E-state index in [0.717, 1.165) is 38.5 Å². The van der Waals surface area contributed by atoms with Crippen molar-refractivity contribution in [1.82, 2.24) is 0 Å². The number of ketones is 1. The van der Waals surface area contributed by atoms with E-state index in [1.54, 1.807) is 0 Å². The Kier molecular flexibility index (Phi) is 13.5. The highest BCUT2D eigenvalue weighted by Crippen LogP contribution is 2.16. The number of hydrogen-bond donors (Lipinski definition) is 1. The summed E-state index contributed by atoms with van der Waals surface area (Å²) in [5.41, 5.74) is 0. The summed E-state index contributed by atoms with van der Waals surface area (Å²) in [5, 5.41) is 9.18. The minimum Gasteiger partial charge on any atom is -0.481 e. The van der Waals surface area contributed by atoms with Gasteiger partial charge < -0.3 is 5.11 Å². The second-order valence-electron chi connectivity index (χ2n) is 6.08. The molecule has 1 N–H and O–H groups in total. The average molecular weight is 298 g/mol. The molecule has 1 unspecified atom stereocenters. The lowest BCUT2D eigenvalue weighted by Crippen LogP contribution is -2.23. The molecule has 0 aromatic heterocycles. The van der Waals surface area contributed by atoms with E-state index in [4.69, 9.17) is 0 Å². The van der Waals surface area contributed by atoms with E-state index in [9.17, 15) is 14.7 Å². The first kappa shape index (κ1) is 20.1. The van der Waals surface area contributed by atoms with Crippen molar-refractivity contribution in [3.8, 4) is 0 Å². The summed E-state index contributed by atoms with van der Waals surface area (Å²) >= 11 is 0. The van der Waals surface area contributed by atoms with Gasteiger partial charge in [0.15, 0.2) is 0 Å². The van der Waals surface area contributed by atoms with Crippen LogP contribution in [0.5, 0.6) is 0 Å². The predicted molar refractivity (Wildman–Crippen MR) is 87.5 cm³/mol. The zero-order valence-electron chi connectivity index (χ0n) is 14.0. The summed E-state index contributed by atoms with van der Waals surface area (Å²) in [6.07, 6.45) is 13.2. The Morgan fingerprint density at radius 3 is 1.76 bits per heavy atom. The van der Waals surface area contributed by atoms with Crippen molar-refractivity contribution in [3.05, 3.63) is 0 Å². The van der Waals surface area contributed by atoms with Gasteiger partial charge in [0.25, 0.3) is 0 Å². The van der Waals surface area contributed by atoms with Crippen molar-refractivity contribution in [2.24, 2.45) is 5.92 Å². The molecule has 0 spiro atoms. The summed E-state index contributed by atoms with van der Waals surface area (Å²) in [6, 6.07) is 0. The van der Waals surface area contributed by atoms with E-state index in [1.165, 1.54) is 32.1 Å². The maximum atomic E-state index is 12.0. The van der Waals surface area contributed by atoms with E-state index >= 15 is 0 Å². The van der Waals surface area contributed by atoms with E-state index in [2.05, 4.69) is 13.8 Å². The first-order valence-electron chi connectivity index (χ1n) is 8.89. The molecule has 0 aromatic carbocycles. The lowest BCUT2D eigenvalue weighted by atomic mass is 9.93. The van der Waals surface area contributed by atoms with E-state index in [1.807, 2.05) is 0 Å². The Morgan fingerprint density at radius 1 is 0.762 bits per heavy atom. The third-order valence-electron chi connectivity index (χ3n) is 4.06. The summed E-state index contributed by atoms with van der Waals surface area (Å²) in [6.45, 7) is 4.32. The number of carboxylic acid groups (broad SMARTS) is 1. The molecule has 1 atom stereocenters. The third-order valence-corrected chi connectivity index (χ3v) is 4.06. The van der Waals surface area contributed by atoms with Gasteiger partial charge in [0.1, 0.15) is 11.7 Å². The molecule has 0 radical (unpaired) electrons. The van der Waals surface area contributed by atoms with Crippen LogP contribution in [0.3, 0.4) is 0 Å². The largest absolute Gasteiger partial charge is 0.481 e. The Bertz CT molecular complexity index is 274. The monoisotopic (exact) mass is 298 g/mol. The molecular formula is C18H34O3. The maximum Gasteiger partial charge on any atom is 0.314 e. The normalized spacial score (nSPS) is 12.3. The predicted octanol–water partition coefficient (Wildman–Crippen LogP) is 5.37. The van der Waals surface area contributed by atoms with Crippen molar-refractivity contribution >= 4 is 11.8 Å². The Hall–Kier alpha value is -0.860. The highest BCUT2D eigenvalue weighted by atomic mass is 16.4. The van der Waals surface area contributed by atoms with Crippen molar-refractivity contribution in [2.75, 3.05) is 0 Å². The van der Waals surface area contributed by atoms with Crippen LogP contribution in [-0.4, -0.2) is 16.9 Å². The quantitative estimate of drug-likeness (QED) is 0.327. The van der Waals surface area contributed by atoms with Gasteiger partial charge in [0, 0.05) is 6.42 Å². The molecule has 0 heterocycles. The van der Waals surface area contributed by atoms with Crippen molar-refractivity contribution in [3.63, 3.8) is 0 Å². The van der Waals surface area contributed by atoms with Gasteiger partial charge in [-0.05, 0) is 12.8 Å². The molecule has 0 aliphatic carbocycles. The SMILES string of the molecule is CCCCCCCCCC(=O)C(CCCCCC)C(=O)O. The average Bonchev–Trinajstić information content (AvgIpc) is 2.45. The molecule has 0 saturated heterocycles. The highest BCUT2D eigenvalue weighted by molar-refractivity contribution is 5.98. The number of unbranched alkanes of at least 4 members (excludes halogenated alkanes) is 9. The number of aliphatic carboxylic acids is 1. The minimum absolute atomic E-state index is 0.0624. The lowest BCUT2D eigenvalue weighted by Gasteiger charge is -2.11. The topological polar surface area (TPSA) is 54.4 Å². The van der Waals surface area contributed by atoms with Gasteiger partial charge >= 0.3 is 5.97 Å². The number of rotatable bonds is 15. The minimum atomic E-state index is -0.931. The summed E-state index contributed by atoms with van der Waals surface area (Å²) in [4.78, 5) is 23.2. The molecule has 0 saturated carbocycles. The van der Waals surface area contributed by atoms with Gasteiger partial charge in [-0.2, -0.15) is 0 Å². The van der Waals surface area contributed by atoms with Crippen LogP contribution in [0.1, 0.15) is 97.3 Å². The molecule has 0 fully saturated rings. The van der Waals surface area contributed by atoms with Crippen LogP contribution in [-0.2, 0) is 9.59 Å². The van der Waals surface area contributed by atoms with Crippen LogP contribution in [0.2, 0.25) is 0 Å². The molecule has 0 aliphatic rings. The third kappa shape index (κ3) is 11.5. The number of carboxylic acids is 1. The van der Waals surface area contributed by atoms with E-state index < -0.39 is 11.9 Å². The van der Waals surface area contributed by atoms with Crippen LogP contribution < -0.4 is 0 Å². The lowest BCUT2D eigenvalue weighted by molar-refractivity contribution is -0.146. The maximum absolute atomic E-state index is 12.0. The van der Waals surface area contributed by atoms with Gasteiger partial charge in [-0.3, -0.25) is 9.59 Å². The molecule has 0 aromatic rings. The van der Waals surface area contributed by atoms with Crippen LogP contribution in [0.15, 0.2) is 0 Å². The fourth-order valence-electron chi connectivity index (χ4n) is 2.63. The van der Waals surface area contributed by atoms with Crippen LogP contribution in [0, 0.1) is 5.92 Å². The molecule has 21 heavy (non-hydrogen) atoms. The van der Waals surface area contributed by atoms with Crippen LogP contribution in [0.25, 0.3) is 0 Å². The van der Waals surface area contributed by atoms with Crippen LogP contribution in [0.4, 0.5) is 0 Å². The second-order valence-corrected chi connectivity index (χ2v) is 6.08. The standard InChI is InChI=1S/C18H34O3/c1-3-5-7-9-10-11-13-15-17(19)16(18(20)21)14-12-8-6-4-2/h16H,3-15H2,1-2H3,(H,20,21). The summed E-state index contributed by atoms with van der Waals surface area (Å²) in [7, 11) is 0. The van der Waals surface area contributed by atoms with Gasteiger partial charge in [0.05, 0.1) is 0 Å². The summed E-state index contributed by atoms with van der Waals surface area (Å²) < 4.78 is 0. The Labute approximate surface area is 130 Å². The van der Waals surface area contributed by atoms with Crippen molar-refractivity contribution < 1.29 is 14.7 Å². The molecular weight excluding hydrogens is 264 g/mol. The van der Waals surface area contributed by atoms with E-state index in [0.29, 0.717) is 12.8 Å². The first-order valence-corrected chi connectivity index (χ1v) is 8.89. The molecule has 0 rings (SSSR count). The van der Waals surface area contributed by atoms with Gasteiger partial charge in [-0.1, -0.05) is 78.1 Å². The zero-order valence-corrected chi connectivity index (χ0v) is 14.0. The smallest absolute Gasteiger partial charge is 0.314 e. The molecule has 0 bridgehead atoms. The molecule has 3 heteroatoms. The molecule has 124 valence electrons. The Morgan fingerprint density at radius 2 is 1.24 bits per heavy atom. The van der Waals surface area contributed by atoms with E-state index in [-0.39, 0.29) is 5.78 Å². The first-order chi connectivity index (χ1) is 10.1. The van der Waals surface area contributed by atoms with Gasteiger partial charge in [-0.15, -0.1) is 0 Å².